The number of aromatic nitrogens is 6. The third kappa shape index (κ3) is 2.33. The summed E-state index contributed by atoms with van der Waals surface area (Å²) in [7, 11) is 1.81. The van der Waals surface area contributed by atoms with Crippen LogP contribution in [0.2, 0.25) is 0 Å². The molecule has 1 atom stereocenters. The average molecular weight is 375 g/mol. The van der Waals surface area contributed by atoms with Crippen LogP contribution in [0.3, 0.4) is 0 Å². The van der Waals surface area contributed by atoms with Gasteiger partial charge in [-0.15, -0.1) is 0 Å². The molecule has 1 fully saturated rings. The van der Waals surface area contributed by atoms with Crippen molar-refractivity contribution < 1.29 is 0 Å². The number of anilines is 1. The molecular formula is C20H21N7O. The summed E-state index contributed by atoms with van der Waals surface area (Å²) in [4.78, 5) is 28.9. The Morgan fingerprint density at radius 1 is 1.14 bits per heavy atom. The van der Waals surface area contributed by atoms with E-state index >= 15 is 0 Å². The average Bonchev–Trinajstić information content (AvgIpc) is 3.35. The van der Waals surface area contributed by atoms with Crippen molar-refractivity contribution in [3.05, 3.63) is 58.0 Å². The second kappa shape index (κ2) is 6.12. The third-order valence-electron chi connectivity index (χ3n) is 5.72. The molecule has 142 valence electrons. The summed E-state index contributed by atoms with van der Waals surface area (Å²) in [6.45, 7) is 4.91. The van der Waals surface area contributed by atoms with E-state index in [0.717, 1.165) is 47.8 Å². The fourth-order valence-electron chi connectivity index (χ4n) is 4.17. The lowest BCUT2D eigenvalue weighted by Gasteiger charge is -2.29. The molecule has 0 saturated carbocycles. The summed E-state index contributed by atoms with van der Waals surface area (Å²) in [5, 5.41) is 5.04. The molecule has 0 aliphatic carbocycles. The van der Waals surface area contributed by atoms with E-state index in [1.807, 2.05) is 38.2 Å². The quantitative estimate of drug-likeness (QED) is 0.535. The lowest BCUT2D eigenvalue weighted by molar-refractivity contribution is 0.601. The van der Waals surface area contributed by atoms with E-state index < -0.39 is 0 Å². The third-order valence-corrected chi connectivity index (χ3v) is 5.72. The van der Waals surface area contributed by atoms with Crippen LogP contribution in [0.15, 0.2) is 35.4 Å². The Kier molecular flexibility index (Phi) is 3.68. The van der Waals surface area contributed by atoms with Gasteiger partial charge >= 0.3 is 0 Å². The van der Waals surface area contributed by atoms with Crippen LogP contribution in [0.1, 0.15) is 36.0 Å². The largest absolute Gasteiger partial charge is 0.346 e. The molecule has 0 spiro atoms. The summed E-state index contributed by atoms with van der Waals surface area (Å²) >= 11 is 0. The molecule has 28 heavy (non-hydrogen) atoms. The zero-order valence-corrected chi connectivity index (χ0v) is 16.1. The number of para-hydroxylation sites is 1. The van der Waals surface area contributed by atoms with Crippen LogP contribution in [0, 0.1) is 13.8 Å². The predicted molar refractivity (Wildman–Crippen MR) is 107 cm³/mol. The minimum atomic E-state index is -0.0130. The highest BCUT2D eigenvalue weighted by Crippen LogP contribution is 2.37. The molecule has 0 bridgehead atoms. The molecule has 8 heteroatoms. The van der Waals surface area contributed by atoms with Crippen LogP contribution in [0.4, 0.5) is 5.82 Å². The number of nitrogens with zero attached hydrogens (tertiary/aromatic N) is 7. The molecule has 4 aromatic rings. The SMILES string of the molecule is Cc1nc2ncnn2c(N2CCCC2c2nc3ccccc3c(=O)n2C)c1C. The highest BCUT2D eigenvalue weighted by Gasteiger charge is 2.33. The fourth-order valence-corrected chi connectivity index (χ4v) is 4.17. The second-order valence-corrected chi connectivity index (χ2v) is 7.32. The Bertz CT molecular complexity index is 1270. The second-order valence-electron chi connectivity index (χ2n) is 7.32. The Labute approximate surface area is 161 Å². The Balaban J connectivity index is 1.72. The molecule has 0 amide bonds. The molecule has 1 aromatic carbocycles. The van der Waals surface area contributed by atoms with Crippen molar-refractivity contribution in [3.63, 3.8) is 0 Å². The topological polar surface area (TPSA) is 81.2 Å². The number of hydrogen-bond donors (Lipinski definition) is 0. The maximum absolute atomic E-state index is 12.9. The summed E-state index contributed by atoms with van der Waals surface area (Å²) < 4.78 is 3.48. The maximum atomic E-state index is 12.9. The first-order valence-corrected chi connectivity index (χ1v) is 9.45. The van der Waals surface area contributed by atoms with Gasteiger partial charge in [0, 0.05) is 24.8 Å². The van der Waals surface area contributed by atoms with Gasteiger partial charge in [0.2, 0.25) is 0 Å². The van der Waals surface area contributed by atoms with Crippen molar-refractivity contribution in [1.29, 1.82) is 0 Å². The van der Waals surface area contributed by atoms with Crippen LogP contribution < -0.4 is 10.5 Å². The van der Waals surface area contributed by atoms with Crippen molar-refractivity contribution >= 4 is 22.5 Å². The van der Waals surface area contributed by atoms with Gasteiger partial charge in [0.25, 0.3) is 11.3 Å². The minimum absolute atomic E-state index is 0.00444. The summed E-state index contributed by atoms with van der Waals surface area (Å²) in [5.74, 6) is 2.34. The summed E-state index contributed by atoms with van der Waals surface area (Å²) in [6.07, 6.45) is 3.47. The Hall–Kier alpha value is -3.29. The van der Waals surface area contributed by atoms with Crippen LogP contribution in [-0.4, -0.2) is 35.7 Å². The number of benzene rings is 1. The molecule has 0 radical (unpaired) electrons. The van der Waals surface area contributed by atoms with E-state index in [1.54, 1.807) is 9.08 Å². The first-order chi connectivity index (χ1) is 13.6. The first kappa shape index (κ1) is 16.9. The van der Waals surface area contributed by atoms with Gasteiger partial charge in [0.05, 0.1) is 16.9 Å². The van der Waals surface area contributed by atoms with E-state index in [9.17, 15) is 4.79 Å². The van der Waals surface area contributed by atoms with Crippen molar-refractivity contribution in [2.45, 2.75) is 32.7 Å². The Morgan fingerprint density at radius 2 is 1.96 bits per heavy atom. The molecule has 1 aliphatic rings. The molecule has 8 nitrogen and oxygen atoms in total. The summed E-state index contributed by atoms with van der Waals surface area (Å²) in [6, 6.07) is 7.51. The van der Waals surface area contributed by atoms with Crippen molar-refractivity contribution in [1.82, 2.24) is 29.1 Å². The predicted octanol–water partition coefficient (Wildman–Crippen LogP) is 2.33. The van der Waals surface area contributed by atoms with Gasteiger partial charge in [-0.2, -0.15) is 14.6 Å². The van der Waals surface area contributed by atoms with E-state index in [4.69, 9.17) is 4.98 Å². The van der Waals surface area contributed by atoms with E-state index in [0.29, 0.717) is 11.2 Å². The zero-order valence-electron chi connectivity index (χ0n) is 16.1. The monoisotopic (exact) mass is 375 g/mol. The lowest BCUT2D eigenvalue weighted by atomic mass is 10.1. The number of aryl methyl sites for hydroxylation is 1. The molecular weight excluding hydrogens is 354 g/mol. The van der Waals surface area contributed by atoms with Crippen molar-refractivity contribution in [2.24, 2.45) is 7.05 Å². The molecule has 1 saturated heterocycles. The molecule has 0 N–H and O–H groups in total. The highest BCUT2D eigenvalue weighted by molar-refractivity contribution is 5.77. The molecule has 1 aliphatic heterocycles. The molecule has 5 rings (SSSR count). The van der Waals surface area contributed by atoms with Gasteiger partial charge < -0.3 is 4.90 Å². The van der Waals surface area contributed by atoms with Crippen LogP contribution in [-0.2, 0) is 7.05 Å². The van der Waals surface area contributed by atoms with E-state index in [2.05, 4.69) is 26.9 Å². The van der Waals surface area contributed by atoms with E-state index in [-0.39, 0.29) is 11.6 Å². The van der Waals surface area contributed by atoms with Crippen LogP contribution in [0.25, 0.3) is 16.7 Å². The fraction of sp³-hybridized carbons (Fsp3) is 0.350. The standard InChI is InChI=1S/C20H21N7O/c1-12-13(2)23-20-21-11-22-27(20)18(12)26-10-6-9-16(26)17-24-15-8-5-4-7-14(15)19(28)25(17)3/h4-5,7-8,11,16H,6,9-10H2,1-3H3. The normalized spacial score (nSPS) is 17.1. The highest BCUT2D eigenvalue weighted by atomic mass is 16.1. The Morgan fingerprint density at radius 3 is 2.82 bits per heavy atom. The smallest absolute Gasteiger partial charge is 0.261 e. The van der Waals surface area contributed by atoms with Gasteiger partial charge in [-0.3, -0.25) is 9.36 Å². The van der Waals surface area contributed by atoms with Crippen LogP contribution >= 0.6 is 0 Å². The minimum Gasteiger partial charge on any atom is -0.346 e. The summed E-state index contributed by atoms with van der Waals surface area (Å²) in [5.41, 5.74) is 2.72. The molecule has 3 aromatic heterocycles. The van der Waals surface area contributed by atoms with Crippen molar-refractivity contribution in [2.75, 3.05) is 11.4 Å². The molecule has 1 unspecified atom stereocenters. The van der Waals surface area contributed by atoms with Gasteiger partial charge in [0.1, 0.15) is 18.0 Å². The van der Waals surface area contributed by atoms with E-state index in [1.165, 1.54) is 6.33 Å². The molecule has 4 heterocycles. The lowest BCUT2D eigenvalue weighted by Crippen LogP contribution is -2.32. The number of hydrogen-bond acceptors (Lipinski definition) is 6. The van der Waals surface area contributed by atoms with Gasteiger partial charge in [0.15, 0.2) is 0 Å². The van der Waals surface area contributed by atoms with Gasteiger partial charge in [-0.05, 0) is 38.8 Å². The van der Waals surface area contributed by atoms with Gasteiger partial charge in [-0.1, -0.05) is 12.1 Å². The zero-order chi connectivity index (χ0) is 19.4. The number of rotatable bonds is 2. The number of fused-ring (bicyclic) bond motifs is 2. The van der Waals surface area contributed by atoms with Gasteiger partial charge in [-0.25, -0.2) is 9.97 Å². The maximum Gasteiger partial charge on any atom is 0.261 e. The van der Waals surface area contributed by atoms with Crippen LogP contribution in [0.5, 0.6) is 0 Å². The first-order valence-electron chi connectivity index (χ1n) is 9.45. The van der Waals surface area contributed by atoms with Crippen molar-refractivity contribution in [3.8, 4) is 0 Å².